The van der Waals surface area contributed by atoms with Gasteiger partial charge in [0.1, 0.15) is 19.3 Å². The minimum atomic E-state index is -4.44. The monoisotopic (exact) mass is 964 g/mol. The van der Waals surface area contributed by atoms with Gasteiger partial charge in [-0.15, -0.1) is 0 Å². The van der Waals surface area contributed by atoms with E-state index in [1.807, 2.05) is 33.3 Å². The molecule has 0 heterocycles. The first kappa shape index (κ1) is 65.0. The zero-order chi connectivity index (χ0) is 49.4. The number of esters is 1. The highest BCUT2D eigenvalue weighted by Gasteiger charge is 2.30. The van der Waals surface area contributed by atoms with Gasteiger partial charge in [-0.2, -0.15) is 0 Å². The normalized spacial score (nSPS) is 14.2. The number of carbonyl (C=O) groups excluding carboxylic acids is 2. The van der Waals surface area contributed by atoms with Gasteiger partial charge >= 0.3 is 13.8 Å². The number of ether oxygens (including phenoxy) is 1. The lowest BCUT2D eigenvalue weighted by molar-refractivity contribution is -0.870. The smallest absolute Gasteiger partial charge is 0.456 e. The molecule has 0 rings (SSSR count). The Morgan fingerprint density at radius 3 is 1.40 bits per heavy atom. The number of amides is 1. The first-order valence-corrected chi connectivity index (χ1v) is 29.5. The largest absolute Gasteiger partial charge is 0.472 e. The number of unbranched alkanes of at least 4 members (excludes halogenated alkanes) is 29. The lowest BCUT2D eigenvalue weighted by atomic mass is 10.1. The van der Waals surface area contributed by atoms with Crippen LogP contribution in [-0.2, 0) is 27.9 Å². The van der Waals surface area contributed by atoms with Crippen molar-refractivity contribution in [3.8, 4) is 0 Å². The van der Waals surface area contributed by atoms with Crippen LogP contribution in [-0.4, -0.2) is 74.3 Å². The highest BCUT2D eigenvalue weighted by atomic mass is 31.2. The number of allylic oxidation sites excluding steroid dienone is 7. The molecule has 0 aromatic carbocycles. The summed E-state index contributed by atoms with van der Waals surface area (Å²) in [5.74, 6) is -0.522. The summed E-state index contributed by atoms with van der Waals surface area (Å²) in [4.78, 5) is 37.5. The quantitative estimate of drug-likeness (QED) is 0.0156. The maximum Gasteiger partial charge on any atom is 0.472 e. The van der Waals surface area contributed by atoms with Gasteiger partial charge in [-0.1, -0.05) is 205 Å². The van der Waals surface area contributed by atoms with E-state index < -0.39 is 20.0 Å². The Morgan fingerprint density at radius 2 is 0.910 bits per heavy atom. The molecule has 0 aromatic heterocycles. The van der Waals surface area contributed by atoms with Crippen LogP contribution >= 0.6 is 7.82 Å². The topological polar surface area (TPSA) is 111 Å². The molecule has 0 aliphatic rings. The fourth-order valence-corrected chi connectivity index (χ4v) is 8.60. The third-order valence-electron chi connectivity index (χ3n) is 12.3. The molecule has 10 heteroatoms. The molecule has 1 amide bonds. The standard InChI is InChI=1S/C57H107N2O7P/c1-7-10-13-16-19-22-25-27-29-31-34-37-40-43-46-49-56(60)58-54(53-65-67(62,63)64-52-51-59(4,5)6)55(48-45-42-39-36-33-24-21-18-15-12-9-3)66-57(61)50-47-44-41-38-35-32-30-28-26-23-20-17-14-11-8-2/h20,22-23,25-26,28,45,48,54-55H,7-19,21,24,27,29-44,46-47,49-53H2,1-6H3,(H-,58,60,62,63)/p+1/b23-20+,25-22-,28-26+,48-45+. The zero-order valence-electron chi connectivity index (χ0n) is 44.6. The summed E-state index contributed by atoms with van der Waals surface area (Å²) in [5.41, 5.74) is 0. The minimum Gasteiger partial charge on any atom is -0.456 e. The van der Waals surface area contributed by atoms with E-state index in [0.717, 1.165) is 89.9 Å². The Balaban J connectivity index is 5.37. The maximum absolute atomic E-state index is 13.5. The van der Waals surface area contributed by atoms with Crippen LogP contribution in [0.3, 0.4) is 0 Å². The van der Waals surface area contributed by atoms with Crippen LogP contribution < -0.4 is 5.32 Å². The molecule has 3 atom stereocenters. The Kier molecular flexibility index (Phi) is 46.2. The predicted octanol–water partition coefficient (Wildman–Crippen LogP) is 16.6. The van der Waals surface area contributed by atoms with E-state index in [2.05, 4.69) is 62.5 Å². The minimum absolute atomic E-state index is 0.0372. The van der Waals surface area contributed by atoms with E-state index in [4.69, 9.17) is 13.8 Å². The highest BCUT2D eigenvalue weighted by Crippen LogP contribution is 2.43. The Labute approximate surface area is 414 Å². The average Bonchev–Trinajstić information content (AvgIpc) is 3.28. The molecule has 0 aliphatic heterocycles. The molecule has 0 spiro atoms. The van der Waals surface area contributed by atoms with Crippen LogP contribution in [0.1, 0.15) is 252 Å². The lowest BCUT2D eigenvalue weighted by Gasteiger charge is -2.27. The summed E-state index contributed by atoms with van der Waals surface area (Å²) in [7, 11) is 1.49. The van der Waals surface area contributed by atoms with Crippen molar-refractivity contribution in [2.75, 3.05) is 40.9 Å². The molecule has 0 radical (unpaired) electrons. The zero-order valence-corrected chi connectivity index (χ0v) is 45.5. The molecule has 0 fully saturated rings. The van der Waals surface area contributed by atoms with Gasteiger partial charge in [0.2, 0.25) is 5.91 Å². The average molecular weight is 964 g/mol. The molecule has 9 nitrogen and oxygen atoms in total. The number of quaternary nitrogens is 1. The number of phosphoric acid groups is 1. The molecule has 67 heavy (non-hydrogen) atoms. The second kappa shape index (κ2) is 47.6. The summed E-state index contributed by atoms with van der Waals surface area (Å²) in [6.07, 6.45) is 56.7. The number of phosphoric ester groups is 1. The van der Waals surface area contributed by atoms with Crippen LogP contribution in [0, 0.1) is 0 Å². The van der Waals surface area contributed by atoms with Crippen molar-refractivity contribution in [3.05, 3.63) is 48.6 Å². The van der Waals surface area contributed by atoms with Gasteiger partial charge in [0.05, 0.1) is 33.8 Å². The number of rotatable bonds is 50. The summed E-state index contributed by atoms with van der Waals surface area (Å²) in [5, 5.41) is 3.04. The fourth-order valence-electron chi connectivity index (χ4n) is 7.87. The number of carbonyl (C=O) groups is 2. The predicted molar refractivity (Wildman–Crippen MR) is 286 cm³/mol. The molecule has 0 aliphatic carbocycles. The number of hydrogen-bond donors (Lipinski definition) is 2. The van der Waals surface area contributed by atoms with Crippen molar-refractivity contribution < 1.29 is 37.3 Å². The summed E-state index contributed by atoms with van der Waals surface area (Å²) in [6.45, 7) is 6.95. The molecule has 0 aromatic rings. The van der Waals surface area contributed by atoms with Gasteiger partial charge in [0, 0.05) is 12.8 Å². The van der Waals surface area contributed by atoms with Gasteiger partial charge in [0.15, 0.2) is 0 Å². The third-order valence-corrected chi connectivity index (χ3v) is 13.3. The molecule has 0 saturated carbocycles. The molecule has 0 saturated heterocycles. The Morgan fingerprint density at radius 1 is 0.522 bits per heavy atom. The van der Waals surface area contributed by atoms with Crippen molar-refractivity contribution in [1.29, 1.82) is 0 Å². The van der Waals surface area contributed by atoms with Gasteiger partial charge in [-0.3, -0.25) is 18.6 Å². The second-order valence-corrected chi connectivity index (χ2v) is 21.6. The first-order chi connectivity index (χ1) is 32.4. The summed E-state index contributed by atoms with van der Waals surface area (Å²) >= 11 is 0. The summed E-state index contributed by atoms with van der Waals surface area (Å²) < 4.78 is 30.5. The van der Waals surface area contributed by atoms with Crippen LogP contribution in [0.5, 0.6) is 0 Å². The van der Waals surface area contributed by atoms with Crippen LogP contribution in [0.15, 0.2) is 48.6 Å². The van der Waals surface area contributed by atoms with E-state index in [-0.39, 0.29) is 31.5 Å². The van der Waals surface area contributed by atoms with Crippen molar-refractivity contribution in [2.45, 2.75) is 264 Å². The van der Waals surface area contributed by atoms with E-state index in [1.54, 1.807) is 0 Å². The van der Waals surface area contributed by atoms with E-state index >= 15 is 0 Å². The third kappa shape index (κ3) is 48.8. The molecule has 2 N–H and O–H groups in total. The Hall–Kier alpha value is -2.03. The Bertz CT molecular complexity index is 1290. The fraction of sp³-hybridized carbons (Fsp3) is 0.825. The second-order valence-electron chi connectivity index (χ2n) is 20.1. The van der Waals surface area contributed by atoms with Crippen LogP contribution in [0.25, 0.3) is 0 Å². The highest BCUT2D eigenvalue weighted by molar-refractivity contribution is 7.47. The number of nitrogens with zero attached hydrogens (tertiary/aromatic N) is 1. The molecule has 0 bridgehead atoms. The van der Waals surface area contributed by atoms with Crippen molar-refractivity contribution in [1.82, 2.24) is 5.32 Å². The van der Waals surface area contributed by atoms with Gasteiger partial charge in [0.25, 0.3) is 0 Å². The number of nitrogens with one attached hydrogen (secondary N) is 1. The molecular formula is C57H108N2O7P+. The number of hydrogen-bond acceptors (Lipinski definition) is 6. The molecule has 392 valence electrons. The van der Waals surface area contributed by atoms with E-state index in [0.29, 0.717) is 17.4 Å². The summed E-state index contributed by atoms with van der Waals surface area (Å²) in [6, 6.07) is -0.853. The molecule has 3 unspecified atom stereocenters. The van der Waals surface area contributed by atoms with Crippen molar-refractivity contribution in [2.24, 2.45) is 0 Å². The van der Waals surface area contributed by atoms with Gasteiger partial charge in [-0.05, 0) is 83.1 Å². The van der Waals surface area contributed by atoms with Gasteiger partial charge < -0.3 is 19.4 Å². The van der Waals surface area contributed by atoms with Crippen LogP contribution in [0.2, 0.25) is 0 Å². The molecular weight excluding hydrogens is 856 g/mol. The lowest BCUT2D eigenvalue weighted by Crippen LogP contribution is -2.47. The van der Waals surface area contributed by atoms with E-state index in [9.17, 15) is 19.0 Å². The van der Waals surface area contributed by atoms with Crippen LogP contribution in [0.4, 0.5) is 0 Å². The van der Waals surface area contributed by atoms with Crippen molar-refractivity contribution >= 4 is 19.7 Å². The maximum atomic E-state index is 13.5. The van der Waals surface area contributed by atoms with Gasteiger partial charge in [-0.25, -0.2) is 4.57 Å². The number of likely N-dealkylation sites (N-methyl/N-ethyl adjacent to an activating group) is 1. The van der Waals surface area contributed by atoms with Crippen molar-refractivity contribution in [3.63, 3.8) is 0 Å². The first-order valence-electron chi connectivity index (χ1n) is 28.0. The SMILES string of the molecule is CCCCC/C=C/C=C/CCCCCCCCC(=O)OC(/C=C/CCCCCCCCCCC)C(COP(=O)(O)OCC[N+](C)(C)C)NC(=O)CCCCCCCCC/C=C\CCCCCC. The van der Waals surface area contributed by atoms with E-state index in [1.165, 1.54) is 128 Å².